The van der Waals surface area contributed by atoms with E-state index >= 15 is 0 Å². The van der Waals surface area contributed by atoms with Crippen LogP contribution >= 0.6 is 0 Å². The minimum Gasteiger partial charge on any atom is -1.00 e. The first kappa shape index (κ1) is 33.5. The molecule has 2 saturated carbocycles. The minimum atomic E-state index is 0. The average Bonchev–Trinajstić information content (AvgIpc) is 3.63. The van der Waals surface area contributed by atoms with Crippen molar-refractivity contribution in [1.82, 2.24) is 0 Å². The smallest absolute Gasteiger partial charge is 0.109 e. The van der Waals surface area contributed by atoms with E-state index in [0.29, 0.717) is 35.5 Å². The Morgan fingerprint density at radius 1 is 0.711 bits per heavy atom. The second-order valence-electron chi connectivity index (χ2n) is 10.9. The summed E-state index contributed by atoms with van der Waals surface area (Å²) in [6, 6.07) is 0. The fraction of sp³-hybridized carbons (Fsp3) is 0.486. The third kappa shape index (κ3) is 8.62. The van der Waals surface area contributed by atoms with Gasteiger partial charge in [0.05, 0.1) is 0 Å². The molecule has 0 saturated heterocycles. The van der Waals surface area contributed by atoms with Crippen LogP contribution < -0.4 is 24.8 Å². The molecule has 0 amide bonds. The van der Waals surface area contributed by atoms with Gasteiger partial charge in [-0.2, -0.15) is 12.0 Å². The summed E-state index contributed by atoms with van der Waals surface area (Å²) in [7, 11) is 0. The first-order valence-electron chi connectivity index (χ1n) is 14.4. The van der Waals surface area contributed by atoms with Gasteiger partial charge in [-0.3, -0.25) is 6.08 Å². The summed E-state index contributed by atoms with van der Waals surface area (Å²) in [5, 5.41) is 0. The van der Waals surface area contributed by atoms with E-state index in [1.54, 1.807) is 27.4 Å². The van der Waals surface area contributed by atoms with Crippen LogP contribution in [0.1, 0.15) is 58.8 Å². The second-order valence-corrected chi connectivity index (χ2v) is 12.7. The number of fused-ring (bicyclic) bond motifs is 8. The van der Waals surface area contributed by atoms with Crippen molar-refractivity contribution in [2.75, 3.05) is 0 Å². The molecule has 8 atom stereocenters. The van der Waals surface area contributed by atoms with Crippen molar-refractivity contribution >= 4 is 3.21 Å². The Kier molecular flexibility index (Phi) is 15.7. The standard InChI is InChI=1S/C21H21.C9H18.C5H5.2ClH.Zr/c1-2-8-15-14(7-1)13-20-18-11-4-3-9-16(18)17-10-5-6-12-19(17)21(15)20;1-3-5-7-9-8-6-4-2;1-2-4-5-3-1;;;/h1-21H;3-8H2,1-2H3;1-3H,4H2;2*1H;/q-1;;-1;;;+2/p-2. The summed E-state index contributed by atoms with van der Waals surface area (Å²) in [6.45, 7) is 4.53. The molecule has 2 fully saturated rings. The molecule has 6 aliphatic rings. The van der Waals surface area contributed by atoms with Gasteiger partial charge in [0, 0.05) is 0 Å². The Labute approximate surface area is 260 Å². The van der Waals surface area contributed by atoms with E-state index in [1.807, 2.05) is 12.2 Å². The van der Waals surface area contributed by atoms with Crippen molar-refractivity contribution in [1.29, 1.82) is 0 Å². The second kappa shape index (κ2) is 17.8. The van der Waals surface area contributed by atoms with Crippen LogP contribution in [0.3, 0.4) is 0 Å². The number of halogens is 2. The number of rotatable bonds is 6. The predicted octanol–water partition coefficient (Wildman–Crippen LogP) is 2.93. The van der Waals surface area contributed by atoms with Crippen LogP contribution in [0.4, 0.5) is 0 Å². The summed E-state index contributed by atoms with van der Waals surface area (Å²) in [5.74, 6) is 5.66. The first-order valence-corrected chi connectivity index (χ1v) is 15.7. The number of allylic oxidation sites excluding steroid dienone is 16. The monoisotopic (exact) mass is 624 g/mol. The van der Waals surface area contributed by atoms with Crippen LogP contribution in [0.5, 0.6) is 0 Å². The van der Waals surface area contributed by atoms with Gasteiger partial charge < -0.3 is 31.2 Å². The van der Waals surface area contributed by atoms with Gasteiger partial charge in [-0.1, -0.05) is 72.8 Å². The predicted molar refractivity (Wildman–Crippen MR) is 153 cm³/mol. The van der Waals surface area contributed by atoms with Gasteiger partial charge in [-0.25, -0.2) is 12.2 Å². The van der Waals surface area contributed by atoms with Crippen molar-refractivity contribution < 1.29 is 49.0 Å². The quantitative estimate of drug-likeness (QED) is 0.398. The average molecular weight is 627 g/mol. The molecule has 0 aromatic rings. The van der Waals surface area contributed by atoms with Crippen molar-refractivity contribution in [2.45, 2.75) is 58.8 Å². The van der Waals surface area contributed by atoms with Crippen molar-refractivity contribution in [3.05, 3.63) is 104 Å². The summed E-state index contributed by atoms with van der Waals surface area (Å²) < 4.78 is 1.79. The van der Waals surface area contributed by atoms with E-state index in [1.165, 1.54) is 38.5 Å². The zero-order valence-corrected chi connectivity index (χ0v) is 27.0. The molecule has 0 spiro atoms. The molecule has 0 heterocycles. The summed E-state index contributed by atoms with van der Waals surface area (Å²) in [5.41, 5.74) is 0. The molecule has 0 N–H and O–H groups in total. The topological polar surface area (TPSA) is 0 Å². The molecule has 0 aromatic heterocycles. The van der Waals surface area contributed by atoms with Crippen LogP contribution in [0.25, 0.3) is 0 Å². The Morgan fingerprint density at radius 2 is 1.24 bits per heavy atom. The van der Waals surface area contributed by atoms with Crippen LogP contribution in [0, 0.1) is 59.8 Å². The molecule has 0 radical (unpaired) electrons. The van der Waals surface area contributed by atoms with Gasteiger partial charge in [-0.05, 0) is 29.6 Å². The fourth-order valence-electron chi connectivity index (χ4n) is 6.83. The maximum Gasteiger partial charge on any atom is -0.109 e. The zero-order chi connectivity index (χ0) is 25.2. The van der Waals surface area contributed by atoms with Crippen LogP contribution in [0.15, 0.2) is 91.1 Å². The van der Waals surface area contributed by atoms with E-state index in [0.717, 1.165) is 18.3 Å². The van der Waals surface area contributed by atoms with Gasteiger partial charge >= 0.3 is 79.8 Å². The number of hydrogen-bond donors (Lipinski definition) is 0. The summed E-state index contributed by atoms with van der Waals surface area (Å²) in [4.78, 5) is 0. The Balaban J connectivity index is 0.000000253. The maximum atomic E-state index is 2.99. The Morgan fingerprint density at radius 3 is 1.76 bits per heavy atom. The molecular formula is C35H44Cl2Zr-2. The molecule has 3 heteroatoms. The van der Waals surface area contributed by atoms with Crippen LogP contribution in [-0.4, -0.2) is 3.21 Å². The molecule has 204 valence electrons. The third-order valence-electron chi connectivity index (χ3n) is 8.58. The molecule has 6 rings (SSSR count). The van der Waals surface area contributed by atoms with Crippen LogP contribution in [-0.2, 0) is 24.2 Å². The largest absolute Gasteiger partial charge is 1.00 e. The molecule has 8 unspecified atom stereocenters. The zero-order valence-electron chi connectivity index (χ0n) is 23.1. The minimum absolute atomic E-state index is 0. The summed E-state index contributed by atoms with van der Waals surface area (Å²) in [6.07, 6.45) is 49.3. The van der Waals surface area contributed by atoms with Gasteiger partial charge in [0.1, 0.15) is 0 Å². The Hall–Kier alpha value is -0.747. The van der Waals surface area contributed by atoms with E-state index in [-0.39, 0.29) is 24.8 Å². The third-order valence-corrected chi connectivity index (χ3v) is 9.81. The van der Waals surface area contributed by atoms with Gasteiger partial charge in [0.2, 0.25) is 0 Å². The van der Waals surface area contributed by atoms with E-state index in [4.69, 9.17) is 0 Å². The SMILES string of the molecule is C1=CC2[CH-]C3C4C=CC=CC4C4C=CC=CC4C3C2C=C1.CCCC[C](=[Zr+2])CCCC.[C-]1=CC=CC1.[Cl-].[Cl-]. The van der Waals surface area contributed by atoms with Gasteiger partial charge in [0.25, 0.3) is 0 Å². The maximum absolute atomic E-state index is 2.99. The van der Waals surface area contributed by atoms with Crippen molar-refractivity contribution in [2.24, 2.45) is 47.3 Å². The van der Waals surface area contributed by atoms with Crippen LogP contribution in [0.2, 0.25) is 0 Å². The van der Waals surface area contributed by atoms with E-state index < -0.39 is 0 Å². The molecule has 0 aromatic carbocycles. The van der Waals surface area contributed by atoms with Gasteiger partial charge in [-0.15, -0.1) is 18.4 Å². The normalized spacial score (nSPS) is 33.4. The van der Waals surface area contributed by atoms with E-state index in [9.17, 15) is 0 Å². The van der Waals surface area contributed by atoms with Crippen molar-refractivity contribution in [3.8, 4) is 0 Å². The molecular weight excluding hydrogens is 583 g/mol. The van der Waals surface area contributed by atoms with Crippen molar-refractivity contribution in [3.63, 3.8) is 0 Å². The number of unbranched alkanes of at least 4 members (excludes halogenated alkanes) is 2. The molecule has 0 bridgehead atoms. The molecule has 38 heavy (non-hydrogen) atoms. The molecule has 6 aliphatic carbocycles. The molecule has 0 nitrogen and oxygen atoms in total. The molecule has 0 aliphatic heterocycles. The van der Waals surface area contributed by atoms with Gasteiger partial charge in [0.15, 0.2) is 0 Å². The summed E-state index contributed by atoms with van der Waals surface area (Å²) >= 11 is 1.67. The number of hydrogen-bond acceptors (Lipinski definition) is 0. The Bertz CT molecular complexity index is 942. The van der Waals surface area contributed by atoms with E-state index in [2.05, 4.69) is 105 Å². The first-order chi connectivity index (χ1) is 17.7. The fourth-order valence-corrected chi connectivity index (χ4v) is 7.70.